The summed E-state index contributed by atoms with van der Waals surface area (Å²) < 4.78 is 9.07. The Bertz CT molecular complexity index is 1380. The summed E-state index contributed by atoms with van der Waals surface area (Å²) in [6.07, 6.45) is 0.859. The van der Waals surface area contributed by atoms with Crippen molar-refractivity contribution in [1.29, 1.82) is 0 Å². The van der Waals surface area contributed by atoms with Crippen LogP contribution in [0, 0.1) is 5.92 Å². The molecule has 0 aliphatic heterocycles. The molecule has 0 atom stereocenters. The van der Waals surface area contributed by atoms with E-state index in [1.807, 2.05) is 59.9 Å². The number of nitrogens with zero attached hydrogens (tertiary/aromatic N) is 5. The topological polar surface area (TPSA) is 81.7 Å². The van der Waals surface area contributed by atoms with Gasteiger partial charge in [-0.2, -0.15) is 0 Å². The predicted octanol–water partition coefficient (Wildman–Crippen LogP) is 4.24. The van der Waals surface area contributed by atoms with Gasteiger partial charge in [-0.25, -0.2) is 0 Å². The van der Waals surface area contributed by atoms with Gasteiger partial charge in [0.25, 0.3) is 5.56 Å². The standard InChI is InChI=1S/C26H31N5O3S/c1-5-34-20-12-10-19(11-13-20)16-29(4)23(32)17-35-26-28-27-25-30(15-14-18(2)3)24(33)21-8-6-7-9-22(21)31(25)26/h6-13,18H,5,14-17H2,1-4H3. The fourth-order valence-electron chi connectivity index (χ4n) is 3.87. The molecule has 9 heteroatoms. The summed E-state index contributed by atoms with van der Waals surface area (Å²) in [7, 11) is 1.79. The summed E-state index contributed by atoms with van der Waals surface area (Å²) in [5, 5.41) is 9.90. The number of thioether (sulfide) groups is 1. The van der Waals surface area contributed by atoms with Gasteiger partial charge in [-0.1, -0.05) is 49.9 Å². The summed E-state index contributed by atoms with van der Waals surface area (Å²) in [4.78, 5) is 27.7. The Labute approximate surface area is 208 Å². The van der Waals surface area contributed by atoms with Gasteiger partial charge in [0.2, 0.25) is 11.7 Å². The Morgan fingerprint density at radius 2 is 1.86 bits per heavy atom. The molecule has 2 aromatic carbocycles. The fraction of sp³-hybridized carbons (Fsp3) is 0.385. The van der Waals surface area contributed by atoms with Crippen LogP contribution in [0.2, 0.25) is 0 Å². The largest absolute Gasteiger partial charge is 0.494 e. The molecule has 35 heavy (non-hydrogen) atoms. The number of aryl methyl sites for hydroxylation is 1. The third-order valence-corrected chi connectivity index (χ3v) is 6.73. The molecule has 0 N–H and O–H groups in total. The molecule has 0 radical (unpaired) electrons. The number of hydrogen-bond donors (Lipinski definition) is 0. The van der Waals surface area contributed by atoms with E-state index < -0.39 is 0 Å². The molecule has 4 rings (SSSR count). The van der Waals surface area contributed by atoms with Crippen LogP contribution in [-0.4, -0.2) is 49.4 Å². The Morgan fingerprint density at radius 3 is 2.57 bits per heavy atom. The van der Waals surface area contributed by atoms with Crippen molar-refractivity contribution in [2.75, 3.05) is 19.4 Å². The van der Waals surface area contributed by atoms with Crippen molar-refractivity contribution < 1.29 is 9.53 Å². The van der Waals surface area contributed by atoms with Crippen molar-refractivity contribution in [2.45, 2.75) is 45.4 Å². The number of ether oxygens (including phenoxy) is 1. The lowest BCUT2D eigenvalue weighted by Gasteiger charge is -2.17. The number of aromatic nitrogens is 4. The van der Waals surface area contributed by atoms with E-state index in [2.05, 4.69) is 24.0 Å². The average molecular weight is 494 g/mol. The van der Waals surface area contributed by atoms with Gasteiger partial charge < -0.3 is 9.64 Å². The fourth-order valence-corrected chi connectivity index (χ4v) is 4.75. The molecule has 0 spiro atoms. The maximum Gasteiger partial charge on any atom is 0.262 e. The second-order valence-corrected chi connectivity index (χ2v) is 9.83. The molecular formula is C26H31N5O3S. The lowest BCUT2D eigenvalue weighted by molar-refractivity contribution is -0.127. The Balaban J connectivity index is 1.54. The number of carbonyl (C=O) groups is 1. The molecule has 0 bridgehead atoms. The number of fused-ring (bicyclic) bond motifs is 3. The smallest absolute Gasteiger partial charge is 0.262 e. The quantitative estimate of drug-likeness (QED) is 0.307. The highest BCUT2D eigenvalue weighted by molar-refractivity contribution is 7.99. The van der Waals surface area contributed by atoms with Gasteiger partial charge in [-0.15, -0.1) is 10.2 Å². The van der Waals surface area contributed by atoms with Crippen LogP contribution in [0.25, 0.3) is 16.7 Å². The summed E-state index contributed by atoms with van der Waals surface area (Å²) in [5.41, 5.74) is 1.71. The van der Waals surface area contributed by atoms with Crippen molar-refractivity contribution in [3.63, 3.8) is 0 Å². The highest BCUT2D eigenvalue weighted by atomic mass is 32.2. The summed E-state index contributed by atoms with van der Waals surface area (Å²) >= 11 is 1.33. The van der Waals surface area contributed by atoms with Crippen LogP contribution in [0.3, 0.4) is 0 Å². The van der Waals surface area contributed by atoms with Crippen molar-refractivity contribution in [3.05, 3.63) is 64.4 Å². The van der Waals surface area contributed by atoms with Gasteiger partial charge in [0.1, 0.15) is 5.75 Å². The van der Waals surface area contributed by atoms with E-state index in [-0.39, 0.29) is 17.2 Å². The zero-order valence-electron chi connectivity index (χ0n) is 20.6. The lowest BCUT2D eigenvalue weighted by Crippen LogP contribution is -2.28. The third-order valence-electron chi connectivity index (χ3n) is 5.81. The van der Waals surface area contributed by atoms with E-state index in [1.165, 1.54) is 11.8 Å². The molecule has 1 amide bonds. The van der Waals surface area contributed by atoms with Gasteiger partial charge in [0, 0.05) is 20.1 Å². The Hall–Kier alpha value is -3.33. The van der Waals surface area contributed by atoms with Crippen LogP contribution in [0.5, 0.6) is 5.75 Å². The number of rotatable bonds is 10. The van der Waals surface area contributed by atoms with E-state index >= 15 is 0 Å². The minimum absolute atomic E-state index is 0.0157. The molecule has 0 saturated carbocycles. The highest BCUT2D eigenvalue weighted by Crippen LogP contribution is 2.22. The normalized spacial score (nSPS) is 11.5. The second kappa shape index (κ2) is 10.9. The van der Waals surface area contributed by atoms with Crippen molar-refractivity contribution in [2.24, 2.45) is 5.92 Å². The van der Waals surface area contributed by atoms with Crippen LogP contribution in [0.4, 0.5) is 0 Å². The zero-order chi connectivity index (χ0) is 24.9. The van der Waals surface area contributed by atoms with Crippen molar-refractivity contribution in [3.8, 4) is 5.75 Å². The Morgan fingerprint density at radius 1 is 1.11 bits per heavy atom. The first-order chi connectivity index (χ1) is 16.9. The molecule has 0 aliphatic rings. The van der Waals surface area contributed by atoms with E-state index in [4.69, 9.17) is 4.74 Å². The lowest BCUT2D eigenvalue weighted by atomic mass is 10.1. The minimum atomic E-state index is -0.0659. The highest BCUT2D eigenvalue weighted by Gasteiger charge is 2.18. The number of benzene rings is 2. The molecular weight excluding hydrogens is 462 g/mol. The number of hydrogen-bond acceptors (Lipinski definition) is 6. The molecule has 0 saturated heterocycles. The van der Waals surface area contributed by atoms with Crippen molar-refractivity contribution in [1.82, 2.24) is 24.1 Å². The van der Waals surface area contributed by atoms with E-state index in [0.29, 0.717) is 41.9 Å². The van der Waals surface area contributed by atoms with Gasteiger partial charge in [-0.05, 0) is 49.1 Å². The molecule has 0 unspecified atom stereocenters. The Kier molecular flexibility index (Phi) is 7.75. The molecule has 184 valence electrons. The van der Waals surface area contributed by atoms with Crippen LogP contribution in [0.1, 0.15) is 32.8 Å². The first kappa shape index (κ1) is 24.8. The molecule has 2 heterocycles. The van der Waals surface area contributed by atoms with Gasteiger partial charge >= 0.3 is 0 Å². The average Bonchev–Trinajstić information content (AvgIpc) is 3.27. The molecule has 2 aromatic heterocycles. The summed E-state index contributed by atoms with van der Waals surface area (Å²) in [6, 6.07) is 15.2. The van der Waals surface area contributed by atoms with Crippen molar-refractivity contribution >= 4 is 34.3 Å². The first-order valence-corrected chi connectivity index (χ1v) is 12.8. The SMILES string of the molecule is CCOc1ccc(CN(C)C(=O)CSc2nnc3n(CCC(C)C)c(=O)c4ccccc4n23)cc1. The van der Waals surface area contributed by atoms with Crippen LogP contribution in [0.15, 0.2) is 58.5 Å². The zero-order valence-corrected chi connectivity index (χ0v) is 21.4. The maximum absolute atomic E-state index is 13.2. The van der Waals surface area contributed by atoms with Gasteiger partial charge in [0.15, 0.2) is 5.16 Å². The van der Waals surface area contributed by atoms with E-state index in [1.54, 1.807) is 16.5 Å². The predicted molar refractivity (Wildman–Crippen MR) is 139 cm³/mol. The number of amides is 1. The summed E-state index contributed by atoms with van der Waals surface area (Å²) in [5.74, 6) is 1.98. The molecule has 4 aromatic rings. The second-order valence-electron chi connectivity index (χ2n) is 8.89. The minimum Gasteiger partial charge on any atom is -0.494 e. The van der Waals surface area contributed by atoms with E-state index in [9.17, 15) is 9.59 Å². The molecule has 8 nitrogen and oxygen atoms in total. The van der Waals surface area contributed by atoms with Crippen LogP contribution in [-0.2, 0) is 17.9 Å². The monoisotopic (exact) mass is 493 g/mol. The van der Waals surface area contributed by atoms with Crippen LogP contribution < -0.4 is 10.3 Å². The first-order valence-electron chi connectivity index (χ1n) is 11.8. The molecule has 0 fully saturated rings. The maximum atomic E-state index is 13.2. The third kappa shape index (κ3) is 5.51. The van der Waals surface area contributed by atoms with Gasteiger partial charge in [0.05, 0.1) is 23.3 Å². The number of carbonyl (C=O) groups excluding carboxylic acids is 1. The van der Waals surface area contributed by atoms with Gasteiger partial charge in [-0.3, -0.25) is 18.6 Å². The molecule has 0 aliphatic carbocycles. The number of para-hydroxylation sites is 1. The summed E-state index contributed by atoms with van der Waals surface area (Å²) in [6.45, 7) is 7.90. The van der Waals surface area contributed by atoms with E-state index in [0.717, 1.165) is 23.3 Å². The van der Waals surface area contributed by atoms with Crippen LogP contribution >= 0.6 is 11.8 Å².